The van der Waals surface area contributed by atoms with Crippen LogP contribution in [0.25, 0.3) is 0 Å². The topological polar surface area (TPSA) is 40.5 Å². The molecule has 1 fully saturated rings. The Morgan fingerprint density at radius 2 is 0.645 bits per heavy atom. The van der Waals surface area contributed by atoms with E-state index in [9.17, 15) is 10.2 Å². The molecule has 0 saturated heterocycles. The summed E-state index contributed by atoms with van der Waals surface area (Å²) >= 11 is 0. The van der Waals surface area contributed by atoms with Crippen LogP contribution in [0.4, 0.5) is 0 Å². The van der Waals surface area contributed by atoms with Crippen LogP contribution >= 0.6 is 0 Å². The maximum Gasteiger partial charge on any atom is 0.118 e. The first kappa shape index (κ1) is 19.7. The van der Waals surface area contributed by atoms with Crippen LogP contribution < -0.4 is 0 Å². The number of aliphatic hydroxyl groups is 2. The smallest absolute Gasteiger partial charge is 0.118 e. The van der Waals surface area contributed by atoms with E-state index in [1.165, 1.54) is 0 Å². The van der Waals surface area contributed by atoms with Crippen LogP contribution in [0.3, 0.4) is 0 Å². The second kappa shape index (κ2) is 7.81. The van der Waals surface area contributed by atoms with E-state index in [-0.39, 0.29) is 11.8 Å². The zero-order valence-electron chi connectivity index (χ0n) is 17.3. The molecule has 0 aliphatic heterocycles. The predicted octanol–water partition coefficient (Wildman–Crippen LogP) is 5.49. The van der Waals surface area contributed by atoms with E-state index >= 15 is 0 Å². The summed E-state index contributed by atoms with van der Waals surface area (Å²) in [6.45, 7) is 0. The maximum atomic E-state index is 12.2. The number of rotatable bonds is 6. The van der Waals surface area contributed by atoms with Gasteiger partial charge >= 0.3 is 0 Å². The standard InChI is InChI=1S/C29H26O2/c30-28(22-13-5-1-6-14-22,23-15-7-2-8-16-23)26-21-27(26)29(31,24-17-9-3-10-18-24)25-19-11-4-12-20-25/h1-20,26-27,30-31H,21H2. The van der Waals surface area contributed by atoms with E-state index in [1.54, 1.807) is 0 Å². The molecule has 0 spiro atoms. The molecule has 4 aromatic carbocycles. The van der Waals surface area contributed by atoms with Gasteiger partial charge < -0.3 is 10.2 Å². The molecule has 2 N–H and O–H groups in total. The number of benzene rings is 4. The molecule has 0 bridgehead atoms. The summed E-state index contributed by atoms with van der Waals surface area (Å²) in [6.07, 6.45) is 0.723. The molecule has 2 atom stereocenters. The third-order valence-corrected chi connectivity index (χ3v) is 6.72. The minimum absolute atomic E-state index is 0.122. The van der Waals surface area contributed by atoms with Gasteiger partial charge in [0.05, 0.1) is 0 Å². The second-order valence-electron chi connectivity index (χ2n) is 8.45. The Balaban J connectivity index is 1.63. The summed E-state index contributed by atoms with van der Waals surface area (Å²) in [5.74, 6) is -0.245. The van der Waals surface area contributed by atoms with Crippen molar-refractivity contribution in [3.63, 3.8) is 0 Å². The predicted molar refractivity (Wildman–Crippen MR) is 123 cm³/mol. The second-order valence-corrected chi connectivity index (χ2v) is 8.45. The van der Waals surface area contributed by atoms with Crippen molar-refractivity contribution in [2.24, 2.45) is 11.8 Å². The minimum Gasteiger partial charge on any atom is -0.380 e. The summed E-state index contributed by atoms with van der Waals surface area (Å²) < 4.78 is 0. The van der Waals surface area contributed by atoms with Crippen molar-refractivity contribution in [2.45, 2.75) is 17.6 Å². The zero-order valence-corrected chi connectivity index (χ0v) is 17.3. The van der Waals surface area contributed by atoms with Crippen LogP contribution in [0.5, 0.6) is 0 Å². The summed E-state index contributed by atoms with van der Waals surface area (Å²) in [5.41, 5.74) is 1.08. The van der Waals surface area contributed by atoms with Crippen LogP contribution in [0.2, 0.25) is 0 Å². The Labute approximate surface area is 183 Å². The van der Waals surface area contributed by atoms with E-state index in [0.717, 1.165) is 28.7 Å². The molecule has 0 radical (unpaired) electrons. The highest BCUT2D eigenvalue weighted by Crippen LogP contribution is 2.62. The van der Waals surface area contributed by atoms with Crippen LogP contribution in [0, 0.1) is 11.8 Å². The van der Waals surface area contributed by atoms with Crippen molar-refractivity contribution < 1.29 is 10.2 Å². The molecule has 2 heteroatoms. The van der Waals surface area contributed by atoms with E-state index in [1.807, 2.05) is 121 Å². The highest BCUT2D eigenvalue weighted by molar-refractivity contribution is 5.44. The fourth-order valence-electron chi connectivity index (χ4n) is 5.08. The minimum atomic E-state index is -1.18. The van der Waals surface area contributed by atoms with E-state index in [0.29, 0.717) is 0 Å². The molecular weight excluding hydrogens is 380 g/mol. The highest BCUT2D eigenvalue weighted by atomic mass is 16.3. The molecule has 4 aromatic rings. The van der Waals surface area contributed by atoms with Crippen LogP contribution in [-0.2, 0) is 11.2 Å². The molecule has 1 saturated carbocycles. The fourth-order valence-corrected chi connectivity index (χ4v) is 5.08. The summed E-state index contributed by atoms with van der Waals surface area (Å²) in [6, 6.07) is 39.4. The molecule has 0 heterocycles. The Morgan fingerprint density at radius 1 is 0.419 bits per heavy atom. The lowest BCUT2D eigenvalue weighted by molar-refractivity contribution is 0.00561. The van der Waals surface area contributed by atoms with Crippen LogP contribution in [-0.4, -0.2) is 10.2 Å². The largest absolute Gasteiger partial charge is 0.380 e. The Morgan fingerprint density at radius 3 is 0.871 bits per heavy atom. The van der Waals surface area contributed by atoms with Gasteiger partial charge in [-0.3, -0.25) is 0 Å². The van der Waals surface area contributed by atoms with Crippen LogP contribution in [0.1, 0.15) is 28.7 Å². The molecule has 1 aliphatic rings. The van der Waals surface area contributed by atoms with Gasteiger partial charge in [0.1, 0.15) is 11.2 Å². The van der Waals surface area contributed by atoms with E-state index in [2.05, 4.69) is 0 Å². The quantitative estimate of drug-likeness (QED) is 0.444. The van der Waals surface area contributed by atoms with Gasteiger partial charge in [0.25, 0.3) is 0 Å². The van der Waals surface area contributed by atoms with Gasteiger partial charge in [0, 0.05) is 11.8 Å². The average Bonchev–Trinajstić information content (AvgIpc) is 3.67. The van der Waals surface area contributed by atoms with Gasteiger partial charge in [-0.1, -0.05) is 121 Å². The van der Waals surface area contributed by atoms with Crippen molar-refractivity contribution in [1.82, 2.24) is 0 Å². The van der Waals surface area contributed by atoms with Gasteiger partial charge in [-0.2, -0.15) is 0 Å². The number of hydrogen-bond acceptors (Lipinski definition) is 2. The zero-order chi connectivity index (χ0) is 21.3. The molecule has 1 aliphatic carbocycles. The monoisotopic (exact) mass is 406 g/mol. The summed E-state index contributed by atoms with van der Waals surface area (Å²) in [4.78, 5) is 0. The van der Waals surface area contributed by atoms with Gasteiger partial charge in [0.15, 0.2) is 0 Å². The fraction of sp³-hybridized carbons (Fsp3) is 0.172. The molecule has 31 heavy (non-hydrogen) atoms. The average molecular weight is 407 g/mol. The highest BCUT2D eigenvalue weighted by Gasteiger charge is 2.62. The van der Waals surface area contributed by atoms with Crippen molar-refractivity contribution in [3.05, 3.63) is 144 Å². The Kier molecular flexibility index (Phi) is 4.97. The third kappa shape index (κ3) is 3.29. The van der Waals surface area contributed by atoms with Crippen molar-refractivity contribution in [2.75, 3.05) is 0 Å². The summed E-state index contributed by atoms with van der Waals surface area (Å²) in [7, 11) is 0. The molecule has 154 valence electrons. The lowest BCUT2D eigenvalue weighted by Crippen LogP contribution is -2.36. The molecular formula is C29H26O2. The van der Waals surface area contributed by atoms with Gasteiger partial charge in [-0.25, -0.2) is 0 Å². The molecule has 0 amide bonds. The first-order valence-corrected chi connectivity index (χ1v) is 10.8. The van der Waals surface area contributed by atoms with Crippen LogP contribution in [0.15, 0.2) is 121 Å². The van der Waals surface area contributed by atoms with Gasteiger partial charge in [-0.05, 0) is 28.7 Å². The van der Waals surface area contributed by atoms with Crippen molar-refractivity contribution in [1.29, 1.82) is 0 Å². The first-order valence-electron chi connectivity index (χ1n) is 10.8. The SMILES string of the molecule is OC(c1ccccc1)(c1ccccc1)C1CC1C(O)(c1ccccc1)c1ccccc1. The Hall–Kier alpha value is -3.20. The summed E-state index contributed by atoms with van der Waals surface area (Å²) in [5, 5.41) is 24.4. The molecule has 2 nitrogen and oxygen atoms in total. The van der Waals surface area contributed by atoms with E-state index < -0.39 is 11.2 Å². The lowest BCUT2D eigenvalue weighted by Gasteiger charge is -2.35. The van der Waals surface area contributed by atoms with Crippen molar-refractivity contribution >= 4 is 0 Å². The normalized spacial score (nSPS) is 18.5. The maximum absolute atomic E-state index is 12.2. The molecule has 2 unspecified atom stereocenters. The lowest BCUT2D eigenvalue weighted by atomic mass is 9.76. The first-order chi connectivity index (χ1) is 15.1. The van der Waals surface area contributed by atoms with Gasteiger partial charge in [-0.15, -0.1) is 0 Å². The Bertz CT molecular complexity index is 953. The number of hydrogen-bond donors (Lipinski definition) is 2. The molecule has 0 aromatic heterocycles. The molecule has 5 rings (SSSR count). The van der Waals surface area contributed by atoms with Crippen molar-refractivity contribution in [3.8, 4) is 0 Å². The van der Waals surface area contributed by atoms with Gasteiger partial charge in [0.2, 0.25) is 0 Å². The third-order valence-electron chi connectivity index (χ3n) is 6.72. The van der Waals surface area contributed by atoms with E-state index in [4.69, 9.17) is 0 Å².